The Balaban J connectivity index is 2.46. The predicted octanol–water partition coefficient (Wildman–Crippen LogP) is 0.611. The van der Waals surface area contributed by atoms with E-state index in [1.807, 2.05) is 0 Å². The summed E-state index contributed by atoms with van der Waals surface area (Å²) < 4.78 is 5.50. The Morgan fingerprint density at radius 3 is 2.72 bits per heavy atom. The summed E-state index contributed by atoms with van der Waals surface area (Å²) in [7, 11) is 1.57. The third-order valence-electron chi connectivity index (χ3n) is 2.52. The number of carbonyl (C=O) groups is 2. The molecule has 0 saturated carbocycles. The molecule has 2 amide bonds. The molecule has 1 unspecified atom stereocenters. The molecule has 6 nitrogen and oxygen atoms in total. The molecule has 100 valence electrons. The molecule has 0 aromatic carbocycles. The van der Waals surface area contributed by atoms with Crippen LogP contribution in [-0.2, 0) is 4.79 Å². The van der Waals surface area contributed by atoms with Gasteiger partial charge in [0.2, 0.25) is 5.91 Å². The van der Waals surface area contributed by atoms with Crippen LogP contribution in [0.1, 0.15) is 17.5 Å². The van der Waals surface area contributed by atoms with Gasteiger partial charge in [-0.15, -0.1) is 0 Å². The molecule has 0 fully saturated rings. The molecule has 0 spiro atoms. The molecule has 0 radical (unpaired) electrons. The maximum atomic E-state index is 11.6. The van der Waals surface area contributed by atoms with Crippen molar-refractivity contribution in [1.82, 2.24) is 10.2 Å². The molecule has 0 aliphatic heterocycles. The van der Waals surface area contributed by atoms with Crippen LogP contribution in [0.4, 0.5) is 0 Å². The summed E-state index contributed by atoms with van der Waals surface area (Å²) in [5, 5.41) is 11.4. The summed E-state index contributed by atoms with van der Waals surface area (Å²) in [6.07, 6.45) is 0. The second kappa shape index (κ2) is 6.55. The number of nitrogens with one attached hydrogen (secondary N) is 1. The number of furan rings is 1. The van der Waals surface area contributed by atoms with Crippen LogP contribution in [0.25, 0.3) is 0 Å². The van der Waals surface area contributed by atoms with Gasteiger partial charge >= 0.3 is 0 Å². The molecular weight excluding hydrogens is 304 g/mol. The molecule has 18 heavy (non-hydrogen) atoms. The Labute approximate surface area is 113 Å². The highest BCUT2D eigenvalue weighted by molar-refractivity contribution is 9.10. The lowest BCUT2D eigenvalue weighted by Gasteiger charge is -2.23. The molecule has 1 atom stereocenters. The van der Waals surface area contributed by atoms with Gasteiger partial charge in [0.25, 0.3) is 5.91 Å². The zero-order valence-electron chi connectivity index (χ0n) is 10.1. The van der Waals surface area contributed by atoms with E-state index in [0.29, 0.717) is 4.67 Å². The van der Waals surface area contributed by atoms with Gasteiger partial charge in [-0.1, -0.05) is 0 Å². The van der Waals surface area contributed by atoms with Gasteiger partial charge in [-0.2, -0.15) is 0 Å². The first kappa shape index (κ1) is 14.7. The molecule has 0 aliphatic carbocycles. The maximum absolute atomic E-state index is 11.6. The highest BCUT2D eigenvalue weighted by Gasteiger charge is 2.17. The van der Waals surface area contributed by atoms with E-state index in [9.17, 15) is 9.59 Å². The van der Waals surface area contributed by atoms with Crippen LogP contribution in [-0.4, -0.2) is 48.1 Å². The minimum absolute atomic E-state index is 0.124. The second-order valence-corrected chi connectivity index (χ2v) is 4.60. The smallest absolute Gasteiger partial charge is 0.287 e. The number of nitrogens with zero attached hydrogens (tertiary/aromatic N) is 1. The zero-order valence-corrected chi connectivity index (χ0v) is 11.7. The molecule has 7 heteroatoms. The summed E-state index contributed by atoms with van der Waals surface area (Å²) in [6, 6.07) is 2.81. The number of amides is 2. The molecule has 2 N–H and O–H groups in total. The van der Waals surface area contributed by atoms with Crippen molar-refractivity contribution in [3.63, 3.8) is 0 Å². The first-order valence-corrected chi connectivity index (χ1v) is 6.15. The standard InChI is InChI=1S/C11H15BrN2O4/c1-7(6-15)14(2)10(16)5-13-11(17)8-3-4-9(12)18-8/h3-4,7,15H,5-6H2,1-2H3,(H,13,17). The van der Waals surface area contributed by atoms with E-state index in [1.165, 1.54) is 11.0 Å². The Hall–Kier alpha value is -1.34. The van der Waals surface area contributed by atoms with Crippen LogP contribution in [0.2, 0.25) is 0 Å². The van der Waals surface area contributed by atoms with Crippen LogP contribution in [0.5, 0.6) is 0 Å². The fraction of sp³-hybridized carbons (Fsp3) is 0.455. The van der Waals surface area contributed by atoms with Crippen molar-refractivity contribution in [3.05, 3.63) is 22.6 Å². The van der Waals surface area contributed by atoms with E-state index in [4.69, 9.17) is 9.52 Å². The van der Waals surface area contributed by atoms with Crippen molar-refractivity contribution < 1.29 is 19.1 Å². The number of aliphatic hydroxyl groups is 1. The second-order valence-electron chi connectivity index (χ2n) is 3.82. The minimum atomic E-state index is -0.459. The molecule has 1 aromatic rings. The molecule has 1 aromatic heterocycles. The minimum Gasteiger partial charge on any atom is -0.444 e. The van der Waals surface area contributed by atoms with Gasteiger partial charge in [0.05, 0.1) is 19.2 Å². The van der Waals surface area contributed by atoms with Crippen LogP contribution < -0.4 is 5.32 Å². The molecule has 1 rings (SSSR count). The Bertz CT molecular complexity index is 432. The van der Waals surface area contributed by atoms with Crippen molar-refractivity contribution in [3.8, 4) is 0 Å². The van der Waals surface area contributed by atoms with E-state index >= 15 is 0 Å². The summed E-state index contributed by atoms with van der Waals surface area (Å²) >= 11 is 3.08. The highest BCUT2D eigenvalue weighted by atomic mass is 79.9. The Morgan fingerprint density at radius 2 is 2.22 bits per heavy atom. The van der Waals surface area contributed by atoms with Crippen LogP contribution in [0, 0.1) is 0 Å². The molecule has 0 aliphatic rings. The van der Waals surface area contributed by atoms with Gasteiger partial charge in [-0.25, -0.2) is 0 Å². The largest absolute Gasteiger partial charge is 0.444 e. The van der Waals surface area contributed by atoms with Gasteiger partial charge in [0.1, 0.15) is 0 Å². The van der Waals surface area contributed by atoms with Crippen LogP contribution in [0.15, 0.2) is 21.2 Å². The lowest BCUT2D eigenvalue weighted by Crippen LogP contribution is -2.43. The number of aliphatic hydroxyl groups excluding tert-OH is 1. The highest BCUT2D eigenvalue weighted by Crippen LogP contribution is 2.13. The van der Waals surface area contributed by atoms with E-state index in [2.05, 4.69) is 21.2 Å². The fourth-order valence-corrected chi connectivity index (χ4v) is 1.48. The van der Waals surface area contributed by atoms with Gasteiger partial charge in [-0.05, 0) is 35.0 Å². The fourth-order valence-electron chi connectivity index (χ4n) is 1.17. The molecule has 1 heterocycles. The average molecular weight is 319 g/mol. The lowest BCUT2D eigenvalue weighted by atomic mass is 10.3. The quantitative estimate of drug-likeness (QED) is 0.833. The topological polar surface area (TPSA) is 82.8 Å². The summed E-state index contributed by atoms with van der Waals surface area (Å²) in [4.78, 5) is 24.6. The lowest BCUT2D eigenvalue weighted by molar-refractivity contribution is -0.131. The molecule has 0 saturated heterocycles. The zero-order chi connectivity index (χ0) is 13.7. The maximum Gasteiger partial charge on any atom is 0.287 e. The number of rotatable bonds is 5. The number of carbonyl (C=O) groups excluding carboxylic acids is 2. The van der Waals surface area contributed by atoms with Crippen molar-refractivity contribution in [2.45, 2.75) is 13.0 Å². The summed E-state index contributed by atoms with van der Waals surface area (Å²) in [5.74, 6) is -0.609. The number of halogens is 1. The SMILES string of the molecule is CC(CO)N(C)C(=O)CNC(=O)c1ccc(Br)o1. The average Bonchev–Trinajstić information content (AvgIpc) is 2.80. The van der Waals surface area contributed by atoms with Gasteiger partial charge < -0.3 is 19.7 Å². The number of hydrogen-bond donors (Lipinski definition) is 2. The van der Waals surface area contributed by atoms with E-state index < -0.39 is 5.91 Å². The molecular formula is C11H15BrN2O4. The van der Waals surface area contributed by atoms with Crippen molar-refractivity contribution in [2.24, 2.45) is 0 Å². The monoisotopic (exact) mass is 318 g/mol. The number of hydrogen-bond acceptors (Lipinski definition) is 4. The Kier molecular flexibility index (Phi) is 5.36. The van der Waals surface area contributed by atoms with Crippen molar-refractivity contribution in [2.75, 3.05) is 20.2 Å². The Morgan fingerprint density at radius 1 is 1.56 bits per heavy atom. The third kappa shape index (κ3) is 3.85. The van der Waals surface area contributed by atoms with E-state index in [0.717, 1.165) is 0 Å². The van der Waals surface area contributed by atoms with E-state index in [-0.39, 0.29) is 30.9 Å². The first-order chi connectivity index (χ1) is 8.45. The molecule has 0 bridgehead atoms. The first-order valence-electron chi connectivity index (χ1n) is 5.35. The number of likely N-dealkylation sites (N-methyl/N-ethyl adjacent to an activating group) is 1. The van der Waals surface area contributed by atoms with Crippen LogP contribution in [0.3, 0.4) is 0 Å². The normalized spacial score (nSPS) is 12.0. The van der Waals surface area contributed by atoms with Gasteiger partial charge in [0, 0.05) is 7.05 Å². The van der Waals surface area contributed by atoms with Crippen LogP contribution >= 0.6 is 15.9 Å². The predicted molar refractivity (Wildman–Crippen MR) is 68.1 cm³/mol. The third-order valence-corrected chi connectivity index (χ3v) is 2.94. The van der Waals surface area contributed by atoms with E-state index in [1.54, 1.807) is 20.0 Å². The summed E-state index contributed by atoms with van der Waals surface area (Å²) in [5.41, 5.74) is 0. The van der Waals surface area contributed by atoms with Crippen molar-refractivity contribution in [1.29, 1.82) is 0 Å². The van der Waals surface area contributed by atoms with Gasteiger partial charge in [-0.3, -0.25) is 9.59 Å². The summed E-state index contributed by atoms with van der Waals surface area (Å²) in [6.45, 7) is 1.45. The van der Waals surface area contributed by atoms with Gasteiger partial charge in [0.15, 0.2) is 10.4 Å². The van der Waals surface area contributed by atoms with Crippen molar-refractivity contribution >= 4 is 27.7 Å².